The molecular weight excluding hydrogens is 400 g/mol. The largest absolute Gasteiger partial charge is 0.493 e. The van der Waals surface area contributed by atoms with Gasteiger partial charge in [0.15, 0.2) is 11.5 Å². The first-order chi connectivity index (χ1) is 13.4. The normalized spacial score (nSPS) is 10.6. The lowest BCUT2D eigenvalue weighted by Gasteiger charge is -2.15. The van der Waals surface area contributed by atoms with Gasteiger partial charge in [-0.3, -0.25) is 9.59 Å². The van der Waals surface area contributed by atoms with Crippen LogP contribution in [-0.2, 0) is 9.59 Å². The Morgan fingerprint density at radius 3 is 2.25 bits per heavy atom. The molecule has 0 aliphatic heterocycles. The molecule has 3 aromatic rings. The van der Waals surface area contributed by atoms with Crippen LogP contribution in [0.4, 0.5) is 0 Å². The Hall–Kier alpha value is -2.70. The maximum atomic E-state index is 11.6. The predicted octanol–water partition coefficient (Wildman–Crippen LogP) is 5.50. The third-order valence-corrected chi connectivity index (χ3v) is 5.28. The van der Waals surface area contributed by atoms with Crippen LogP contribution in [0, 0.1) is 0 Å². The number of fused-ring (bicyclic) bond motifs is 1. The molecule has 3 rings (SSSR count). The number of hydrogen-bond donors (Lipinski definition) is 0. The second-order valence-corrected chi connectivity index (χ2v) is 7.36. The van der Waals surface area contributed by atoms with E-state index in [4.69, 9.17) is 25.8 Å². The Bertz CT molecular complexity index is 1060. The SMILES string of the molecule is COc1cc(OC(C)=O)c2cc(Sc3ccccc3Cl)ccc2c1OC(C)=O. The van der Waals surface area contributed by atoms with Crippen LogP contribution < -0.4 is 14.2 Å². The maximum Gasteiger partial charge on any atom is 0.308 e. The molecule has 0 fully saturated rings. The van der Waals surface area contributed by atoms with Gasteiger partial charge in [0.2, 0.25) is 0 Å². The summed E-state index contributed by atoms with van der Waals surface area (Å²) >= 11 is 7.73. The Balaban J connectivity index is 2.17. The minimum Gasteiger partial charge on any atom is -0.493 e. The predicted molar refractivity (Wildman–Crippen MR) is 109 cm³/mol. The van der Waals surface area contributed by atoms with Crippen LogP contribution in [-0.4, -0.2) is 19.0 Å². The average molecular weight is 417 g/mol. The summed E-state index contributed by atoms with van der Waals surface area (Å²) in [6.07, 6.45) is 0. The standard InChI is InChI=1S/C21H17ClO5S/c1-12(23)26-18-11-19(25-3)21(27-13(2)24)15-9-8-14(10-16(15)18)28-20-7-5-4-6-17(20)22/h4-11H,1-3H3. The zero-order valence-corrected chi connectivity index (χ0v) is 17.0. The number of benzene rings is 3. The van der Waals surface area contributed by atoms with E-state index in [1.807, 2.05) is 36.4 Å². The van der Waals surface area contributed by atoms with Gasteiger partial charge in [-0.05, 0) is 30.3 Å². The van der Waals surface area contributed by atoms with Crippen LogP contribution in [0.1, 0.15) is 13.8 Å². The third kappa shape index (κ3) is 4.40. The van der Waals surface area contributed by atoms with E-state index in [1.165, 1.54) is 38.8 Å². The van der Waals surface area contributed by atoms with E-state index in [0.717, 1.165) is 9.79 Å². The highest BCUT2D eigenvalue weighted by molar-refractivity contribution is 7.99. The van der Waals surface area contributed by atoms with Crippen molar-refractivity contribution >= 4 is 46.1 Å². The number of carbonyl (C=O) groups excluding carboxylic acids is 2. The number of ether oxygens (including phenoxy) is 3. The molecule has 0 unspecified atom stereocenters. The third-order valence-electron chi connectivity index (χ3n) is 3.77. The van der Waals surface area contributed by atoms with Gasteiger partial charge in [0, 0.05) is 40.5 Å². The lowest BCUT2D eigenvalue weighted by molar-refractivity contribution is -0.133. The van der Waals surface area contributed by atoms with E-state index in [9.17, 15) is 9.59 Å². The average Bonchev–Trinajstić information content (AvgIpc) is 2.64. The molecule has 0 aliphatic carbocycles. The number of rotatable bonds is 5. The monoisotopic (exact) mass is 416 g/mol. The zero-order valence-electron chi connectivity index (χ0n) is 15.4. The Kier molecular flexibility index (Phi) is 6.11. The Labute approximate surface area is 171 Å². The smallest absolute Gasteiger partial charge is 0.308 e. The van der Waals surface area contributed by atoms with Crippen molar-refractivity contribution in [3.8, 4) is 17.2 Å². The highest BCUT2D eigenvalue weighted by Crippen LogP contribution is 2.44. The van der Waals surface area contributed by atoms with Gasteiger partial charge in [-0.25, -0.2) is 0 Å². The van der Waals surface area contributed by atoms with Crippen molar-refractivity contribution in [2.24, 2.45) is 0 Å². The summed E-state index contributed by atoms with van der Waals surface area (Å²) in [6.45, 7) is 2.63. The first-order valence-electron chi connectivity index (χ1n) is 8.33. The first-order valence-corrected chi connectivity index (χ1v) is 9.52. The van der Waals surface area contributed by atoms with Crippen molar-refractivity contribution in [2.45, 2.75) is 23.6 Å². The lowest BCUT2D eigenvalue weighted by atomic mass is 10.1. The summed E-state index contributed by atoms with van der Waals surface area (Å²) in [7, 11) is 1.45. The fourth-order valence-electron chi connectivity index (χ4n) is 2.68. The Morgan fingerprint density at radius 2 is 1.61 bits per heavy atom. The second kappa shape index (κ2) is 8.54. The van der Waals surface area contributed by atoms with Gasteiger partial charge < -0.3 is 14.2 Å². The highest BCUT2D eigenvalue weighted by Gasteiger charge is 2.18. The molecule has 0 saturated heterocycles. The molecule has 144 valence electrons. The molecule has 5 nitrogen and oxygen atoms in total. The molecule has 0 aromatic heterocycles. The molecule has 3 aromatic carbocycles. The van der Waals surface area contributed by atoms with E-state index in [0.29, 0.717) is 27.3 Å². The fraction of sp³-hybridized carbons (Fsp3) is 0.143. The summed E-state index contributed by atoms with van der Waals surface area (Å²) in [5, 5.41) is 1.85. The maximum absolute atomic E-state index is 11.6. The van der Waals surface area contributed by atoms with E-state index in [1.54, 1.807) is 6.07 Å². The van der Waals surface area contributed by atoms with Crippen LogP contribution >= 0.6 is 23.4 Å². The van der Waals surface area contributed by atoms with Gasteiger partial charge in [-0.2, -0.15) is 0 Å². The van der Waals surface area contributed by atoms with E-state index in [-0.39, 0.29) is 5.75 Å². The number of hydrogen-bond acceptors (Lipinski definition) is 6. The minimum atomic E-state index is -0.477. The van der Waals surface area contributed by atoms with Crippen molar-refractivity contribution < 1.29 is 23.8 Å². The van der Waals surface area contributed by atoms with Crippen molar-refractivity contribution in [1.82, 2.24) is 0 Å². The van der Waals surface area contributed by atoms with E-state index in [2.05, 4.69) is 0 Å². The molecule has 0 amide bonds. The van der Waals surface area contributed by atoms with Gasteiger partial charge in [-0.1, -0.05) is 35.5 Å². The van der Waals surface area contributed by atoms with Gasteiger partial charge in [0.1, 0.15) is 5.75 Å². The molecule has 0 heterocycles. The van der Waals surface area contributed by atoms with Crippen molar-refractivity contribution in [3.63, 3.8) is 0 Å². The Morgan fingerprint density at radius 1 is 0.893 bits per heavy atom. The van der Waals surface area contributed by atoms with E-state index >= 15 is 0 Å². The summed E-state index contributed by atoms with van der Waals surface area (Å²) in [5.74, 6) is -0.0559. The van der Waals surface area contributed by atoms with E-state index < -0.39 is 11.9 Å². The minimum absolute atomic E-state index is 0.273. The molecule has 7 heteroatoms. The molecule has 0 spiro atoms. The number of halogens is 1. The van der Waals surface area contributed by atoms with Gasteiger partial charge >= 0.3 is 11.9 Å². The summed E-state index contributed by atoms with van der Waals surface area (Å²) < 4.78 is 16.0. The van der Waals surface area contributed by atoms with Gasteiger partial charge in [0.05, 0.1) is 12.1 Å². The van der Waals surface area contributed by atoms with Crippen LogP contribution in [0.5, 0.6) is 17.2 Å². The molecule has 0 atom stereocenters. The zero-order chi connectivity index (χ0) is 20.3. The molecule has 28 heavy (non-hydrogen) atoms. The van der Waals surface area contributed by atoms with Gasteiger partial charge in [-0.15, -0.1) is 0 Å². The van der Waals surface area contributed by atoms with Crippen LogP contribution in [0.3, 0.4) is 0 Å². The molecule has 0 N–H and O–H groups in total. The first kappa shape index (κ1) is 20.0. The highest BCUT2D eigenvalue weighted by atomic mass is 35.5. The van der Waals surface area contributed by atoms with Crippen LogP contribution in [0.25, 0.3) is 10.8 Å². The van der Waals surface area contributed by atoms with Crippen molar-refractivity contribution in [3.05, 3.63) is 53.6 Å². The molecule has 0 bridgehead atoms. The lowest BCUT2D eigenvalue weighted by Crippen LogP contribution is -2.06. The number of carbonyl (C=O) groups is 2. The van der Waals surface area contributed by atoms with Gasteiger partial charge in [0.25, 0.3) is 0 Å². The summed E-state index contributed by atoms with van der Waals surface area (Å²) in [6, 6.07) is 14.6. The number of esters is 2. The topological polar surface area (TPSA) is 61.8 Å². The summed E-state index contributed by atoms with van der Waals surface area (Å²) in [4.78, 5) is 24.9. The number of methoxy groups -OCH3 is 1. The molecular formula is C21H17ClO5S. The molecule has 0 saturated carbocycles. The quantitative estimate of drug-likeness (QED) is 0.404. The van der Waals surface area contributed by atoms with Crippen molar-refractivity contribution in [2.75, 3.05) is 7.11 Å². The molecule has 0 aliphatic rings. The fourth-order valence-corrected chi connectivity index (χ4v) is 3.81. The second-order valence-electron chi connectivity index (χ2n) is 5.83. The van der Waals surface area contributed by atoms with Crippen LogP contribution in [0.15, 0.2) is 58.3 Å². The summed E-state index contributed by atoms with van der Waals surface area (Å²) in [5.41, 5.74) is 0. The van der Waals surface area contributed by atoms with Crippen molar-refractivity contribution in [1.29, 1.82) is 0 Å². The molecule has 0 radical (unpaired) electrons. The van der Waals surface area contributed by atoms with Crippen LogP contribution in [0.2, 0.25) is 5.02 Å².